The number of hydrogen-bond acceptors (Lipinski definition) is 4. The molecular formula is C27H20Cl2N4O. The molecule has 3 aromatic carbocycles. The Balaban J connectivity index is 1.51. The van der Waals surface area contributed by atoms with E-state index in [0.29, 0.717) is 21.4 Å². The first kappa shape index (κ1) is 22.1. The quantitative estimate of drug-likeness (QED) is 0.207. The molecule has 1 atom stereocenters. The highest BCUT2D eigenvalue weighted by Crippen LogP contribution is 2.29. The van der Waals surface area contributed by atoms with Crippen LogP contribution in [0.5, 0.6) is 0 Å². The van der Waals surface area contributed by atoms with Gasteiger partial charge < -0.3 is 5.32 Å². The minimum Gasteiger partial charge on any atom is -0.355 e. The average Bonchev–Trinajstić information content (AvgIpc) is 3.15. The molecule has 5 nitrogen and oxygen atoms in total. The molecule has 0 spiro atoms. The van der Waals surface area contributed by atoms with Crippen LogP contribution in [0.25, 0.3) is 17.0 Å². The van der Waals surface area contributed by atoms with E-state index in [1.165, 1.54) is 5.01 Å². The smallest absolute Gasteiger partial charge is 0.292 e. The zero-order chi connectivity index (χ0) is 23.7. The van der Waals surface area contributed by atoms with E-state index in [2.05, 4.69) is 15.4 Å². The zero-order valence-corrected chi connectivity index (χ0v) is 19.8. The summed E-state index contributed by atoms with van der Waals surface area (Å²) in [6.07, 6.45) is 2.91. The van der Waals surface area contributed by atoms with E-state index in [-0.39, 0.29) is 5.91 Å². The third kappa shape index (κ3) is 4.53. The minimum atomic E-state index is -0.460. The highest BCUT2D eigenvalue weighted by molar-refractivity contribution is 6.32. The number of benzene rings is 3. The van der Waals surface area contributed by atoms with Crippen LogP contribution in [0.15, 0.2) is 89.7 Å². The first-order valence-electron chi connectivity index (χ1n) is 10.7. The molecule has 1 aliphatic heterocycles. The average molecular weight is 487 g/mol. The lowest BCUT2D eigenvalue weighted by Crippen LogP contribution is -2.25. The molecule has 2 heterocycles. The van der Waals surface area contributed by atoms with Gasteiger partial charge in [-0.05, 0) is 54.5 Å². The predicted molar refractivity (Wildman–Crippen MR) is 138 cm³/mol. The van der Waals surface area contributed by atoms with Crippen molar-refractivity contribution in [3.8, 4) is 0 Å². The predicted octanol–water partition coefficient (Wildman–Crippen LogP) is 6.36. The summed E-state index contributed by atoms with van der Waals surface area (Å²) in [5, 5.41) is 11.2. The fourth-order valence-electron chi connectivity index (χ4n) is 3.82. The summed E-state index contributed by atoms with van der Waals surface area (Å²) in [6.45, 7) is 2.02. The van der Waals surface area contributed by atoms with Crippen LogP contribution >= 0.6 is 23.2 Å². The van der Waals surface area contributed by atoms with Crippen molar-refractivity contribution >= 4 is 52.3 Å². The fraction of sp³-hybridized carbons (Fsp3) is 0.0741. The monoisotopic (exact) mass is 486 g/mol. The van der Waals surface area contributed by atoms with Crippen LogP contribution in [0.4, 0.5) is 0 Å². The molecule has 7 heteroatoms. The number of carbonyl (C=O) groups excluding carboxylic acids is 1. The summed E-state index contributed by atoms with van der Waals surface area (Å²) < 4.78 is 0. The number of pyridine rings is 1. The molecule has 1 aromatic heterocycles. The van der Waals surface area contributed by atoms with Gasteiger partial charge in [-0.1, -0.05) is 77.3 Å². The Morgan fingerprint density at radius 1 is 1.00 bits per heavy atom. The summed E-state index contributed by atoms with van der Waals surface area (Å²) in [4.78, 5) is 17.8. The molecule has 1 amide bonds. The normalized spacial score (nSPS) is 17.1. The van der Waals surface area contributed by atoms with Crippen molar-refractivity contribution in [1.29, 1.82) is 0 Å². The van der Waals surface area contributed by atoms with Gasteiger partial charge >= 0.3 is 0 Å². The number of aryl methyl sites for hydroxylation is 1. The van der Waals surface area contributed by atoms with E-state index in [0.717, 1.165) is 27.6 Å². The van der Waals surface area contributed by atoms with Gasteiger partial charge in [0.2, 0.25) is 0 Å². The topological polar surface area (TPSA) is 57.6 Å². The Bertz CT molecular complexity index is 1430. The molecule has 34 heavy (non-hydrogen) atoms. The van der Waals surface area contributed by atoms with Crippen LogP contribution in [0.2, 0.25) is 10.2 Å². The zero-order valence-electron chi connectivity index (χ0n) is 18.2. The number of nitrogens with zero attached hydrogens (tertiary/aromatic N) is 3. The van der Waals surface area contributed by atoms with Crippen molar-refractivity contribution in [3.63, 3.8) is 0 Å². The van der Waals surface area contributed by atoms with E-state index in [1.807, 2.05) is 73.7 Å². The molecule has 0 aliphatic carbocycles. The molecule has 1 fully saturated rings. The van der Waals surface area contributed by atoms with Gasteiger partial charge in [0.1, 0.15) is 10.9 Å². The van der Waals surface area contributed by atoms with E-state index >= 15 is 0 Å². The lowest BCUT2D eigenvalue weighted by Gasteiger charge is -2.19. The maximum Gasteiger partial charge on any atom is 0.292 e. The van der Waals surface area contributed by atoms with Gasteiger partial charge in [0.25, 0.3) is 5.91 Å². The standard InChI is InChI=1S/C27H20Cl2N4O/c1-17-7-12-23-20(13-17)15-21(25(29)31-23)16-30-33-26(19-5-3-2-4-6-19)32-24(27(33)34)14-18-8-10-22(28)11-9-18/h2-16,26,32H,1H3. The van der Waals surface area contributed by atoms with Gasteiger partial charge in [-0.15, -0.1) is 0 Å². The number of hydrogen-bond donors (Lipinski definition) is 1. The number of amides is 1. The second-order valence-electron chi connectivity index (χ2n) is 8.03. The third-order valence-electron chi connectivity index (χ3n) is 5.54. The molecule has 1 unspecified atom stereocenters. The molecule has 0 radical (unpaired) electrons. The van der Waals surface area contributed by atoms with Gasteiger partial charge in [-0.2, -0.15) is 5.10 Å². The summed E-state index contributed by atoms with van der Waals surface area (Å²) in [7, 11) is 0. The highest BCUT2D eigenvalue weighted by Gasteiger charge is 2.35. The Kier molecular flexibility index (Phi) is 6.05. The summed E-state index contributed by atoms with van der Waals surface area (Å²) in [6, 6.07) is 24.9. The number of halogens is 2. The number of carbonyl (C=O) groups is 1. The van der Waals surface area contributed by atoms with Crippen molar-refractivity contribution in [2.24, 2.45) is 5.10 Å². The van der Waals surface area contributed by atoms with Crippen LogP contribution in [-0.4, -0.2) is 22.1 Å². The van der Waals surface area contributed by atoms with Crippen LogP contribution in [0.1, 0.15) is 28.4 Å². The van der Waals surface area contributed by atoms with Crippen molar-refractivity contribution in [2.75, 3.05) is 0 Å². The van der Waals surface area contributed by atoms with Crippen LogP contribution in [0.3, 0.4) is 0 Å². The number of hydrazone groups is 1. The number of nitrogens with one attached hydrogen (secondary N) is 1. The largest absolute Gasteiger partial charge is 0.355 e. The SMILES string of the molecule is Cc1ccc2nc(Cl)c(C=NN3C(=O)C(=Cc4ccc(Cl)cc4)NC3c3ccccc3)cc2c1. The summed E-state index contributed by atoms with van der Waals surface area (Å²) >= 11 is 12.4. The fourth-order valence-corrected chi connectivity index (χ4v) is 4.14. The molecule has 1 N–H and O–H groups in total. The molecule has 0 saturated carbocycles. The van der Waals surface area contributed by atoms with Crippen molar-refractivity contribution in [2.45, 2.75) is 13.1 Å². The van der Waals surface area contributed by atoms with Crippen molar-refractivity contribution in [3.05, 3.63) is 117 Å². The molecule has 0 bridgehead atoms. The molecule has 1 saturated heterocycles. The Hall–Kier alpha value is -3.67. The molecule has 168 valence electrons. The lowest BCUT2D eigenvalue weighted by molar-refractivity contribution is -0.126. The second kappa shape index (κ2) is 9.29. The summed E-state index contributed by atoms with van der Waals surface area (Å²) in [5.74, 6) is -0.249. The van der Waals surface area contributed by atoms with Gasteiger partial charge in [0, 0.05) is 16.0 Å². The first-order valence-corrected chi connectivity index (χ1v) is 11.5. The molecule has 5 rings (SSSR count). The van der Waals surface area contributed by atoms with E-state index in [4.69, 9.17) is 23.2 Å². The van der Waals surface area contributed by atoms with Crippen LogP contribution in [0, 0.1) is 6.92 Å². The highest BCUT2D eigenvalue weighted by atomic mass is 35.5. The first-order chi connectivity index (χ1) is 16.5. The van der Waals surface area contributed by atoms with Gasteiger partial charge in [-0.3, -0.25) is 4.79 Å². The number of aromatic nitrogens is 1. The minimum absolute atomic E-state index is 0.249. The van der Waals surface area contributed by atoms with Gasteiger partial charge in [-0.25, -0.2) is 9.99 Å². The van der Waals surface area contributed by atoms with E-state index in [9.17, 15) is 4.79 Å². The molecular weight excluding hydrogens is 467 g/mol. The van der Waals surface area contributed by atoms with Gasteiger partial charge in [0.05, 0.1) is 11.7 Å². The maximum absolute atomic E-state index is 13.3. The number of fused-ring (bicyclic) bond motifs is 1. The molecule has 1 aliphatic rings. The lowest BCUT2D eigenvalue weighted by atomic mass is 10.1. The van der Waals surface area contributed by atoms with E-state index in [1.54, 1.807) is 24.4 Å². The van der Waals surface area contributed by atoms with Crippen molar-refractivity contribution < 1.29 is 4.79 Å². The summed E-state index contributed by atoms with van der Waals surface area (Å²) in [5.41, 5.74) is 4.77. The van der Waals surface area contributed by atoms with E-state index < -0.39 is 6.17 Å². The second-order valence-corrected chi connectivity index (χ2v) is 8.82. The Labute approximate surface area is 207 Å². The van der Waals surface area contributed by atoms with Crippen molar-refractivity contribution in [1.82, 2.24) is 15.3 Å². The van der Waals surface area contributed by atoms with Crippen LogP contribution < -0.4 is 5.32 Å². The third-order valence-corrected chi connectivity index (χ3v) is 6.10. The number of rotatable bonds is 4. The Morgan fingerprint density at radius 3 is 2.53 bits per heavy atom. The van der Waals surface area contributed by atoms with Gasteiger partial charge in [0.15, 0.2) is 6.17 Å². The Morgan fingerprint density at radius 2 is 1.76 bits per heavy atom. The van der Waals surface area contributed by atoms with Crippen LogP contribution in [-0.2, 0) is 4.79 Å². The maximum atomic E-state index is 13.3. The molecule has 4 aromatic rings.